The van der Waals surface area contributed by atoms with Gasteiger partial charge in [-0.15, -0.1) is 0 Å². The first-order chi connectivity index (χ1) is 5.15. The Bertz CT molecular complexity index is 256. The smallest absolute Gasteiger partial charge is 0.209 e. The number of anilines is 1. The van der Waals surface area contributed by atoms with Gasteiger partial charge in [0.1, 0.15) is 0 Å². The topological polar surface area (TPSA) is 35.2 Å². The fourth-order valence-electron chi connectivity index (χ4n) is 0.653. The van der Waals surface area contributed by atoms with E-state index in [2.05, 4.69) is 4.94 Å². The van der Waals surface area contributed by atoms with Gasteiger partial charge in [0, 0.05) is 10.2 Å². The lowest BCUT2D eigenvalue weighted by Gasteiger charge is -2.01. The summed E-state index contributed by atoms with van der Waals surface area (Å²) < 4.78 is 11.7. The number of rotatable bonds is 1. The fourth-order valence-corrected chi connectivity index (χ4v) is 1.22. The number of hydrogen-bond donors (Lipinski definition) is 1. The van der Waals surface area contributed by atoms with Crippen molar-refractivity contribution in [2.24, 2.45) is 0 Å². The Morgan fingerprint density at radius 3 is 2.09 bits per heavy atom. The second-order valence-electron chi connectivity index (χ2n) is 1.89. The first-order valence-corrected chi connectivity index (χ1v) is 3.44. The first kappa shape index (κ1) is 8.43. The van der Waals surface area contributed by atoms with Gasteiger partial charge in [0.25, 0.3) is 0 Å². The Balaban J connectivity index is 3.25. The lowest BCUT2D eigenvalue weighted by Crippen LogP contribution is -1.87. The minimum Gasteiger partial charge on any atom is -0.399 e. The summed E-state index contributed by atoms with van der Waals surface area (Å²) in [6.45, 7) is 0. The Kier molecular flexibility index (Phi) is 2.42. The highest BCUT2D eigenvalue weighted by molar-refractivity contribution is 6.37. The molecule has 0 aliphatic rings. The van der Waals surface area contributed by atoms with Crippen LogP contribution < -0.4 is 10.7 Å². The third-order valence-corrected chi connectivity index (χ3v) is 1.66. The van der Waals surface area contributed by atoms with Crippen LogP contribution in [0.15, 0.2) is 12.1 Å². The Labute approximate surface area is 72.6 Å². The normalized spacial score (nSPS) is 9.73. The minimum absolute atomic E-state index is 0.0532. The second-order valence-corrected chi connectivity index (χ2v) is 2.71. The van der Waals surface area contributed by atoms with E-state index >= 15 is 0 Å². The van der Waals surface area contributed by atoms with E-state index in [1.54, 1.807) is 0 Å². The molecule has 0 aliphatic carbocycles. The summed E-state index contributed by atoms with van der Waals surface area (Å²) in [5.74, 6) is -0.206. The molecule has 11 heavy (non-hydrogen) atoms. The van der Waals surface area contributed by atoms with Crippen LogP contribution in [0, 0.1) is 0 Å². The maximum atomic E-state index is 11.7. The van der Waals surface area contributed by atoms with E-state index in [4.69, 9.17) is 28.9 Å². The van der Waals surface area contributed by atoms with Crippen molar-refractivity contribution in [2.75, 3.05) is 5.73 Å². The first-order valence-electron chi connectivity index (χ1n) is 2.68. The van der Waals surface area contributed by atoms with E-state index in [-0.39, 0.29) is 15.8 Å². The highest BCUT2D eigenvalue weighted by Gasteiger charge is 2.08. The Morgan fingerprint density at radius 1 is 1.27 bits per heavy atom. The molecule has 0 fully saturated rings. The molecule has 0 aliphatic heterocycles. The lowest BCUT2D eigenvalue weighted by molar-refractivity contribution is -0.00592. The molecule has 0 atom stereocenters. The van der Waals surface area contributed by atoms with Crippen molar-refractivity contribution in [1.82, 2.24) is 0 Å². The summed E-state index contributed by atoms with van der Waals surface area (Å²) in [6, 6.07) is 2.70. The van der Waals surface area contributed by atoms with E-state index < -0.39 is 0 Å². The molecular formula is C6H4Cl2FNO. The van der Waals surface area contributed by atoms with Crippen molar-refractivity contribution in [2.45, 2.75) is 0 Å². The molecule has 2 nitrogen and oxygen atoms in total. The Morgan fingerprint density at radius 2 is 1.73 bits per heavy atom. The fraction of sp³-hybridized carbons (Fsp3) is 0. The van der Waals surface area contributed by atoms with Crippen molar-refractivity contribution in [3.63, 3.8) is 0 Å². The molecule has 0 aromatic heterocycles. The molecule has 60 valence electrons. The third-order valence-electron chi connectivity index (χ3n) is 1.10. The van der Waals surface area contributed by atoms with Crippen LogP contribution in [0.1, 0.15) is 0 Å². The van der Waals surface area contributed by atoms with Gasteiger partial charge in [0.05, 0.1) is 10.0 Å². The van der Waals surface area contributed by atoms with Crippen molar-refractivity contribution >= 4 is 28.9 Å². The summed E-state index contributed by atoms with van der Waals surface area (Å²) in [7, 11) is 0. The minimum atomic E-state index is -0.206. The van der Waals surface area contributed by atoms with Crippen LogP contribution in [-0.2, 0) is 0 Å². The van der Waals surface area contributed by atoms with E-state index in [0.717, 1.165) is 0 Å². The van der Waals surface area contributed by atoms with Gasteiger partial charge in [-0.05, 0) is 12.1 Å². The van der Waals surface area contributed by atoms with Gasteiger partial charge in [-0.25, -0.2) is 0 Å². The van der Waals surface area contributed by atoms with Crippen molar-refractivity contribution in [3.05, 3.63) is 22.2 Å². The van der Waals surface area contributed by atoms with Gasteiger partial charge in [0.2, 0.25) is 5.75 Å². The van der Waals surface area contributed by atoms with Crippen LogP contribution in [0.4, 0.5) is 10.2 Å². The quantitative estimate of drug-likeness (QED) is 0.700. The third kappa shape index (κ3) is 1.67. The molecule has 0 bridgehead atoms. The lowest BCUT2D eigenvalue weighted by atomic mass is 10.3. The largest absolute Gasteiger partial charge is 0.399 e. The molecule has 0 heterocycles. The van der Waals surface area contributed by atoms with Gasteiger partial charge in [-0.2, -0.15) is 0 Å². The molecule has 0 amide bonds. The molecule has 0 saturated heterocycles. The molecule has 0 saturated carbocycles. The van der Waals surface area contributed by atoms with Crippen LogP contribution in [0.5, 0.6) is 5.75 Å². The summed E-state index contributed by atoms with van der Waals surface area (Å²) in [4.78, 5) is 3.41. The molecule has 1 aromatic rings. The molecule has 5 heteroatoms. The summed E-state index contributed by atoms with van der Waals surface area (Å²) >= 11 is 11.0. The molecule has 2 N–H and O–H groups in total. The van der Waals surface area contributed by atoms with E-state index in [9.17, 15) is 4.53 Å². The zero-order valence-electron chi connectivity index (χ0n) is 5.27. The van der Waals surface area contributed by atoms with E-state index in [1.165, 1.54) is 12.1 Å². The average molecular weight is 196 g/mol. The van der Waals surface area contributed by atoms with Crippen LogP contribution in [0.25, 0.3) is 0 Å². The van der Waals surface area contributed by atoms with Crippen LogP contribution in [0.2, 0.25) is 10.0 Å². The van der Waals surface area contributed by atoms with E-state index in [0.29, 0.717) is 5.69 Å². The number of nitrogens with two attached hydrogens (primary N) is 1. The summed E-state index contributed by atoms with van der Waals surface area (Å²) in [6.07, 6.45) is 0. The van der Waals surface area contributed by atoms with Gasteiger partial charge in [-0.1, -0.05) is 23.2 Å². The molecule has 0 unspecified atom stereocenters. The van der Waals surface area contributed by atoms with Crippen molar-refractivity contribution in [3.8, 4) is 5.75 Å². The van der Waals surface area contributed by atoms with Gasteiger partial charge in [-0.3, -0.25) is 4.94 Å². The van der Waals surface area contributed by atoms with Crippen LogP contribution >= 0.6 is 23.2 Å². The maximum absolute atomic E-state index is 11.7. The van der Waals surface area contributed by atoms with Gasteiger partial charge < -0.3 is 5.73 Å². The van der Waals surface area contributed by atoms with Crippen molar-refractivity contribution in [1.29, 1.82) is 0 Å². The number of benzene rings is 1. The van der Waals surface area contributed by atoms with Gasteiger partial charge in [0.15, 0.2) is 0 Å². The van der Waals surface area contributed by atoms with Gasteiger partial charge >= 0.3 is 0 Å². The standard InChI is InChI=1S/C6H4Cl2FNO/c7-4-1-3(10)2-5(8)6(4)11-9/h1-2H,10H2. The summed E-state index contributed by atoms with van der Waals surface area (Å²) in [5, 5.41) is 0.106. The average Bonchev–Trinajstić information content (AvgIpc) is 1.85. The number of nitrogen functional groups attached to an aromatic ring is 1. The predicted molar refractivity (Wildman–Crippen MR) is 42.6 cm³/mol. The predicted octanol–water partition coefficient (Wildman–Crippen LogP) is 2.84. The molecule has 0 radical (unpaired) electrons. The Hall–Kier alpha value is -0.670. The van der Waals surface area contributed by atoms with Crippen molar-refractivity contribution < 1.29 is 9.47 Å². The number of hydrogen-bond acceptors (Lipinski definition) is 2. The maximum Gasteiger partial charge on any atom is 0.209 e. The van der Waals surface area contributed by atoms with Crippen LogP contribution in [-0.4, -0.2) is 0 Å². The highest BCUT2D eigenvalue weighted by Crippen LogP contribution is 2.34. The molecule has 1 aromatic carbocycles. The zero-order valence-corrected chi connectivity index (χ0v) is 6.79. The van der Waals surface area contributed by atoms with E-state index in [1.807, 2.05) is 0 Å². The highest BCUT2D eigenvalue weighted by atomic mass is 35.5. The number of halogens is 3. The molecule has 0 spiro atoms. The summed E-state index contributed by atoms with van der Waals surface area (Å²) in [5.41, 5.74) is 5.70. The SMILES string of the molecule is Nc1cc(Cl)c(OF)c(Cl)c1. The zero-order chi connectivity index (χ0) is 8.43. The monoisotopic (exact) mass is 195 g/mol. The molecular weight excluding hydrogens is 192 g/mol. The second kappa shape index (κ2) is 3.15. The van der Waals surface area contributed by atoms with Crippen LogP contribution in [0.3, 0.4) is 0 Å². The molecule has 1 rings (SSSR count).